The van der Waals surface area contributed by atoms with Crippen molar-refractivity contribution < 1.29 is 28.8 Å². The fourth-order valence-electron chi connectivity index (χ4n) is 3.66. The second-order valence-corrected chi connectivity index (χ2v) is 7.92. The molecule has 1 N–H and O–H groups in total. The molecular weight excluding hydrogens is 420 g/mol. The summed E-state index contributed by atoms with van der Waals surface area (Å²) in [5, 5.41) is 10.9. The summed E-state index contributed by atoms with van der Waals surface area (Å²) < 4.78 is 23.3. The van der Waals surface area contributed by atoms with Gasteiger partial charge in [0.05, 0.1) is 19.8 Å². The van der Waals surface area contributed by atoms with Crippen LogP contribution in [0.1, 0.15) is 16.7 Å². The summed E-state index contributed by atoms with van der Waals surface area (Å²) in [6.45, 7) is 0.669. The van der Waals surface area contributed by atoms with Crippen LogP contribution in [0.4, 0.5) is 0 Å². The molecule has 4 rings (SSSR count). The van der Waals surface area contributed by atoms with Crippen molar-refractivity contribution >= 4 is 5.78 Å². The van der Waals surface area contributed by atoms with Crippen LogP contribution in [-0.4, -0.2) is 42.1 Å². The van der Waals surface area contributed by atoms with Gasteiger partial charge in [-0.3, -0.25) is 4.79 Å². The van der Waals surface area contributed by atoms with Gasteiger partial charge in [0.1, 0.15) is 24.9 Å². The zero-order chi connectivity index (χ0) is 22.9. The van der Waals surface area contributed by atoms with Crippen LogP contribution < -0.4 is 0 Å². The highest BCUT2D eigenvalue weighted by atomic mass is 16.7. The molecule has 0 aliphatic carbocycles. The molecule has 0 spiro atoms. The lowest BCUT2D eigenvalue weighted by Crippen LogP contribution is -2.39. The highest BCUT2D eigenvalue weighted by Gasteiger charge is 2.48. The number of aliphatic hydroxyl groups excluding tert-OH is 1. The van der Waals surface area contributed by atoms with Gasteiger partial charge < -0.3 is 24.1 Å². The second-order valence-electron chi connectivity index (χ2n) is 7.92. The SMILES string of the molecule is O=C(COCc1ccccc1)[C@@H]1O[C@H](OCc2ccccc2)[C@H](OCc2ccccc2)[C@H]1O. The van der Waals surface area contributed by atoms with Crippen LogP contribution in [0, 0.1) is 0 Å². The largest absolute Gasteiger partial charge is 0.387 e. The van der Waals surface area contributed by atoms with Gasteiger partial charge in [0.15, 0.2) is 12.1 Å². The number of rotatable bonds is 11. The number of benzene rings is 3. The third kappa shape index (κ3) is 6.57. The molecule has 1 heterocycles. The lowest BCUT2D eigenvalue weighted by Gasteiger charge is -2.21. The van der Waals surface area contributed by atoms with Crippen molar-refractivity contribution in [2.75, 3.05) is 6.61 Å². The lowest BCUT2D eigenvalue weighted by molar-refractivity contribution is -0.188. The number of carbonyl (C=O) groups excluding carboxylic acids is 1. The number of aliphatic hydroxyl groups is 1. The average Bonchev–Trinajstić information content (AvgIpc) is 3.18. The van der Waals surface area contributed by atoms with E-state index in [1.807, 2.05) is 91.0 Å². The minimum absolute atomic E-state index is 0.173. The van der Waals surface area contributed by atoms with Crippen molar-refractivity contribution in [1.82, 2.24) is 0 Å². The number of Topliss-reactive ketones (excluding diaryl/α,β-unsaturated/α-hetero) is 1. The van der Waals surface area contributed by atoms with Gasteiger partial charge in [-0.05, 0) is 16.7 Å². The van der Waals surface area contributed by atoms with E-state index in [1.54, 1.807) is 0 Å². The van der Waals surface area contributed by atoms with Crippen molar-refractivity contribution in [3.63, 3.8) is 0 Å². The van der Waals surface area contributed by atoms with Crippen molar-refractivity contribution in [3.05, 3.63) is 108 Å². The molecule has 0 saturated carbocycles. The first-order chi connectivity index (χ1) is 16.2. The highest BCUT2D eigenvalue weighted by molar-refractivity contribution is 5.85. The van der Waals surface area contributed by atoms with Crippen LogP contribution in [0.2, 0.25) is 0 Å². The number of ketones is 1. The third-order valence-electron chi connectivity index (χ3n) is 5.41. The van der Waals surface area contributed by atoms with E-state index in [-0.39, 0.29) is 25.6 Å². The van der Waals surface area contributed by atoms with Crippen molar-refractivity contribution in [2.24, 2.45) is 0 Å². The average molecular weight is 449 g/mol. The summed E-state index contributed by atoms with van der Waals surface area (Å²) in [5.41, 5.74) is 2.87. The molecule has 6 heteroatoms. The van der Waals surface area contributed by atoms with Gasteiger partial charge in [0.2, 0.25) is 0 Å². The Morgan fingerprint density at radius 3 is 1.76 bits per heavy atom. The van der Waals surface area contributed by atoms with E-state index in [0.717, 1.165) is 16.7 Å². The van der Waals surface area contributed by atoms with E-state index >= 15 is 0 Å². The van der Waals surface area contributed by atoms with E-state index in [9.17, 15) is 9.90 Å². The van der Waals surface area contributed by atoms with Crippen LogP contribution in [0.25, 0.3) is 0 Å². The maximum absolute atomic E-state index is 12.8. The van der Waals surface area contributed by atoms with Crippen molar-refractivity contribution in [1.29, 1.82) is 0 Å². The zero-order valence-electron chi connectivity index (χ0n) is 18.3. The summed E-state index contributed by atoms with van der Waals surface area (Å²) in [7, 11) is 0. The molecule has 3 aromatic rings. The van der Waals surface area contributed by atoms with Gasteiger partial charge in [-0.1, -0.05) is 91.0 Å². The first-order valence-electron chi connectivity index (χ1n) is 11.0. The quantitative estimate of drug-likeness (QED) is 0.483. The fourth-order valence-corrected chi connectivity index (χ4v) is 3.66. The molecule has 1 fully saturated rings. The third-order valence-corrected chi connectivity index (χ3v) is 5.41. The first-order valence-corrected chi connectivity index (χ1v) is 11.0. The molecule has 172 valence electrons. The van der Waals surface area contributed by atoms with Gasteiger partial charge >= 0.3 is 0 Å². The van der Waals surface area contributed by atoms with Gasteiger partial charge in [-0.15, -0.1) is 0 Å². The Labute approximate surface area is 193 Å². The number of ether oxygens (including phenoxy) is 4. The Morgan fingerprint density at radius 1 is 0.727 bits per heavy atom. The maximum atomic E-state index is 12.8. The Kier molecular flexibility index (Phi) is 8.35. The molecule has 1 aliphatic heterocycles. The van der Waals surface area contributed by atoms with Crippen LogP contribution in [0.15, 0.2) is 91.0 Å². The van der Waals surface area contributed by atoms with E-state index in [4.69, 9.17) is 18.9 Å². The standard InChI is InChI=1S/C27H28O6/c28-23(19-30-16-20-10-4-1-5-11-20)25-24(29)26(31-17-21-12-6-2-7-13-21)27(33-25)32-18-22-14-8-3-9-15-22/h1-15,24-27,29H,16-19H2/t24-,25-,26+,27-/m0/s1. The smallest absolute Gasteiger partial charge is 0.189 e. The summed E-state index contributed by atoms with van der Waals surface area (Å²) in [6.07, 6.45) is -3.94. The lowest BCUT2D eigenvalue weighted by atomic mass is 10.1. The fraction of sp³-hybridized carbons (Fsp3) is 0.296. The minimum atomic E-state index is -1.16. The maximum Gasteiger partial charge on any atom is 0.189 e. The van der Waals surface area contributed by atoms with Crippen molar-refractivity contribution in [3.8, 4) is 0 Å². The first kappa shape index (κ1) is 23.3. The van der Waals surface area contributed by atoms with E-state index in [1.165, 1.54) is 0 Å². The summed E-state index contributed by atoms with van der Waals surface area (Å²) in [6, 6.07) is 28.8. The van der Waals surface area contributed by atoms with E-state index in [2.05, 4.69) is 0 Å². The molecular formula is C27H28O6. The Morgan fingerprint density at radius 2 is 1.21 bits per heavy atom. The molecule has 1 aliphatic rings. The van der Waals surface area contributed by atoms with Gasteiger partial charge in [0.25, 0.3) is 0 Å². The molecule has 4 atom stereocenters. The van der Waals surface area contributed by atoms with Gasteiger partial charge in [-0.25, -0.2) is 0 Å². The topological polar surface area (TPSA) is 74.2 Å². The predicted octanol–water partition coefficient (Wildman–Crippen LogP) is 3.66. The van der Waals surface area contributed by atoms with E-state index < -0.39 is 24.6 Å². The monoisotopic (exact) mass is 448 g/mol. The Bertz CT molecular complexity index is 979. The van der Waals surface area contributed by atoms with Crippen LogP contribution in [0.5, 0.6) is 0 Å². The summed E-state index contributed by atoms with van der Waals surface area (Å²) in [4.78, 5) is 12.8. The molecule has 0 amide bonds. The summed E-state index contributed by atoms with van der Waals surface area (Å²) >= 11 is 0. The van der Waals surface area contributed by atoms with Gasteiger partial charge in [0, 0.05) is 0 Å². The molecule has 3 aromatic carbocycles. The number of hydrogen-bond acceptors (Lipinski definition) is 6. The Balaban J connectivity index is 1.37. The number of hydrogen-bond donors (Lipinski definition) is 1. The zero-order valence-corrected chi connectivity index (χ0v) is 18.3. The predicted molar refractivity (Wildman–Crippen MR) is 122 cm³/mol. The molecule has 1 saturated heterocycles. The normalized spacial score (nSPS) is 22.3. The van der Waals surface area contributed by atoms with E-state index in [0.29, 0.717) is 6.61 Å². The molecule has 0 unspecified atom stereocenters. The summed E-state index contributed by atoms with van der Waals surface area (Å²) in [5.74, 6) is -0.349. The van der Waals surface area contributed by atoms with Crippen LogP contribution in [0.3, 0.4) is 0 Å². The van der Waals surface area contributed by atoms with Crippen molar-refractivity contribution in [2.45, 2.75) is 44.4 Å². The molecule has 6 nitrogen and oxygen atoms in total. The van der Waals surface area contributed by atoms with Crippen LogP contribution in [-0.2, 0) is 43.6 Å². The molecule has 0 radical (unpaired) electrons. The molecule has 0 bridgehead atoms. The highest BCUT2D eigenvalue weighted by Crippen LogP contribution is 2.27. The van der Waals surface area contributed by atoms with Gasteiger partial charge in [-0.2, -0.15) is 0 Å². The molecule has 33 heavy (non-hydrogen) atoms. The second kappa shape index (κ2) is 11.8. The number of carbonyl (C=O) groups is 1. The Hall–Kier alpha value is -2.87. The minimum Gasteiger partial charge on any atom is -0.387 e. The van der Waals surface area contributed by atoms with Crippen LogP contribution >= 0.6 is 0 Å². The molecule has 0 aromatic heterocycles.